The summed E-state index contributed by atoms with van der Waals surface area (Å²) >= 11 is 6.17. The van der Waals surface area contributed by atoms with Crippen molar-refractivity contribution in [3.8, 4) is 5.75 Å². The molecule has 174 valence electrons. The second kappa shape index (κ2) is 9.69. The number of anilines is 1. The van der Waals surface area contributed by atoms with E-state index in [1.54, 1.807) is 67.0 Å². The third-order valence-corrected chi connectivity index (χ3v) is 5.81. The monoisotopic (exact) mass is 476 g/mol. The maximum absolute atomic E-state index is 13.2. The van der Waals surface area contributed by atoms with Crippen LogP contribution in [0, 0.1) is 12.8 Å². The Kier molecular flexibility index (Phi) is 6.70. The molecule has 6 nitrogen and oxygen atoms in total. The fourth-order valence-corrected chi connectivity index (χ4v) is 4.14. The summed E-state index contributed by atoms with van der Waals surface area (Å²) in [5.74, 6) is -0.676. The summed E-state index contributed by atoms with van der Waals surface area (Å²) in [4.78, 5) is 31.8. The van der Waals surface area contributed by atoms with Gasteiger partial charge in [0, 0.05) is 28.7 Å². The van der Waals surface area contributed by atoms with Crippen LogP contribution in [0.5, 0.6) is 5.75 Å². The van der Waals surface area contributed by atoms with Gasteiger partial charge in [-0.25, -0.2) is 0 Å². The van der Waals surface area contributed by atoms with Gasteiger partial charge in [-0.05, 0) is 72.5 Å². The minimum absolute atomic E-state index is 0.00595. The number of aliphatic hydroxyl groups excluding tert-OH is 1. The normalized spacial score (nSPS) is 17.4. The van der Waals surface area contributed by atoms with Crippen molar-refractivity contribution in [2.24, 2.45) is 5.92 Å². The van der Waals surface area contributed by atoms with Crippen molar-refractivity contribution in [2.75, 3.05) is 11.5 Å². The van der Waals surface area contributed by atoms with Crippen molar-refractivity contribution in [3.05, 3.63) is 94.3 Å². The topological polar surface area (TPSA) is 79.7 Å². The second-order valence-corrected chi connectivity index (χ2v) is 9.05. The molecule has 2 aromatic carbocycles. The van der Waals surface area contributed by atoms with Gasteiger partial charge in [0.1, 0.15) is 11.5 Å². The molecular formula is C27H25ClN2O4. The Bertz CT molecular complexity index is 1270. The van der Waals surface area contributed by atoms with Crippen molar-refractivity contribution in [3.63, 3.8) is 0 Å². The van der Waals surface area contributed by atoms with Crippen LogP contribution in [0.4, 0.5) is 5.69 Å². The fourth-order valence-electron chi connectivity index (χ4n) is 3.96. The maximum atomic E-state index is 13.2. The predicted molar refractivity (Wildman–Crippen MR) is 132 cm³/mol. The zero-order valence-electron chi connectivity index (χ0n) is 19.2. The number of ether oxygens (including phenoxy) is 1. The van der Waals surface area contributed by atoms with Crippen LogP contribution < -0.4 is 9.64 Å². The number of aliphatic hydroxyl groups is 1. The highest BCUT2D eigenvalue weighted by molar-refractivity contribution is 6.51. The standard InChI is InChI=1S/C27H25ClN2O4/c1-16(2)15-34-22-8-7-19(13-17(22)3)25(31)23-24(18-9-11-29-12-10-18)30(27(33)26(23)32)21-6-4-5-20(28)14-21/h4-14,16,24,31H,15H2,1-3H3/b25-23+. The van der Waals surface area contributed by atoms with Crippen LogP contribution in [0.15, 0.2) is 72.6 Å². The number of carbonyl (C=O) groups excluding carboxylic acids is 2. The molecule has 1 saturated heterocycles. The molecule has 0 bridgehead atoms. The number of pyridine rings is 1. The molecule has 1 unspecified atom stereocenters. The average molecular weight is 477 g/mol. The molecule has 4 rings (SSSR count). The zero-order chi connectivity index (χ0) is 24.4. The summed E-state index contributed by atoms with van der Waals surface area (Å²) in [5.41, 5.74) is 2.35. The van der Waals surface area contributed by atoms with E-state index < -0.39 is 17.7 Å². The molecule has 1 atom stereocenters. The molecular weight excluding hydrogens is 452 g/mol. The smallest absolute Gasteiger partial charge is 0.300 e. The maximum Gasteiger partial charge on any atom is 0.300 e. The van der Waals surface area contributed by atoms with Gasteiger partial charge in [-0.2, -0.15) is 0 Å². The van der Waals surface area contributed by atoms with E-state index in [0.29, 0.717) is 40.1 Å². The molecule has 1 aliphatic rings. The number of hydrogen-bond donors (Lipinski definition) is 1. The highest BCUT2D eigenvalue weighted by atomic mass is 35.5. The molecule has 2 heterocycles. The third kappa shape index (κ3) is 4.54. The molecule has 0 radical (unpaired) electrons. The SMILES string of the molecule is Cc1cc(/C(O)=C2\C(=O)C(=O)N(c3cccc(Cl)c3)C2c2ccncc2)ccc1OCC(C)C. The van der Waals surface area contributed by atoms with Crippen molar-refractivity contribution < 1.29 is 19.4 Å². The molecule has 1 aliphatic heterocycles. The van der Waals surface area contributed by atoms with E-state index in [-0.39, 0.29) is 11.3 Å². The Hall–Kier alpha value is -3.64. The number of rotatable bonds is 6. The lowest BCUT2D eigenvalue weighted by atomic mass is 9.95. The molecule has 1 aromatic heterocycles. The van der Waals surface area contributed by atoms with Crippen LogP contribution in [0.2, 0.25) is 5.02 Å². The fraction of sp³-hybridized carbons (Fsp3) is 0.222. The summed E-state index contributed by atoms with van der Waals surface area (Å²) in [6.45, 7) is 6.57. The average Bonchev–Trinajstić information content (AvgIpc) is 3.08. The Balaban J connectivity index is 1.84. The number of benzene rings is 2. The first-order valence-corrected chi connectivity index (χ1v) is 11.4. The summed E-state index contributed by atoms with van der Waals surface area (Å²) in [6, 6.07) is 14.5. The second-order valence-electron chi connectivity index (χ2n) is 8.61. The molecule has 7 heteroatoms. The van der Waals surface area contributed by atoms with Gasteiger partial charge in [0.2, 0.25) is 0 Å². The van der Waals surface area contributed by atoms with E-state index in [0.717, 1.165) is 5.56 Å². The lowest BCUT2D eigenvalue weighted by molar-refractivity contribution is -0.132. The van der Waals surface area contributed by atoms with Crippen LogP contribution in [-0.4, -0.2) is 28.4 Å². The zero-order valence-corrected chi connectivity index (χ0v) is 19.9. The van der Waals surface area contributed by atoms with Crippen molar-refractivity contribution in [1.29, 1.82) is 0 Å². The number of carbonyl (C=O) groups is 2. The van der Waals surface area contributed by atoms with E-state index in [2.05, 4.69) is 18.8 Å². The highest BCUT2D eigenvalue weighted by Gasteiger charge is 2.47. The lowest BCUT2D eigenvalue weighted by Crippen LogP contribution is -2.29. The van der Waals surface area contributed by atoms with Crippen LogP contribution in [0.1, 0.15) is 36.6 Å². The molecule has 0 aliphatic carbocycles. The van der Waals surface area contributed by atoms with Gasteiger partial charge in [-0.1, -0.05) is 31.5 Å². The molecule has 34 heavy (non-hydrogen) atoms. The van der Waals surface area contributed by atoms with Gasteiger partial charge in [0.05, 0.1) is 18.2 Å². The first-order valence-electron chi connectivity index (χ1n) is 11.0. The number of halogens is 1. The Morgan fingerprint density at radius 1 is 1.12 bits per heavy atom. The van der Waals surface area contributed by atoms with E-state index >= 15 is 0 Å². The molecule has 1 fully saturated rings. The first kappa shape index (κ1) is 23.5. The Morgan fingerprint density at radius 3 is 2.50 bits per heavy atom. The minimum atomic E-state index is -0.835. The number of nitrogens with zero attached hydrogens (tertiary/aromatic N) is 2. The number of aryl methyl sites for hydroxylation is 1. The quantitative estimate of drug-likeness (QED) is 0.280. The lowest BCUT2D eigenvalue weighted by Gasteiger charge is -2.25. The summed E-state index contributed by atoms with van der Waals surface area (Å²) in [7, 11) is 0. The third-order valence-electron chi connectivity index (χ3n) is 5.57. The summed E-state index contributed by atoms with van der Waals surface area (Å²) < 4.78 is 5.83. The number of aromatic nitrogens is 1. The van der Waals surface area contributed by atoms with Crippen LogP contribution in [0.3, 0.4) is 0 Å². The highest BCUT2D eigenvalue weighted by Crippen LogP contribution is 2.42. The summed E-state index contributed by atoms with van der Waals surface area (Å²) in [6.07, 6.45) is 3.16. The van der Waals surface area contributed by atoms with Gasteiger partial charge < -0.3 is 9.84 Å². The van der Waals surface area contributed by atoms with Gasteiger partial charge in [-0.15, -0.1) is 0 Å². The van der Waals surface area contributed by atoms with Gasteiger partial charge in [0.25, 0.3) is 11.7 Å². The number of Topliss-reactive ketones (excluding diaryl/α,β-unsaturated/α-hetero) is 1. The van der Waals surface area contributed by atoms with Gasteiger partial charge in [-0.3, -0.25) is 19.5 Å². The van der Waals surface area contributed by atoms with Crippen molar-refractivity contribution in [2.45, 2.75) is 26.8 Å². The predicted octanol–water partition coefficient (Wildman–Crippen LogP) is 5.70. The molecule has 1 amide bonds. The Morgan fingerprint density at radius 2 is 1.85 bits per heavy atom. The first-order chi connectivity index (χ1) is 16.3. The van der Waals surface area contributed by atoms with Crippen molar-refractivity contribution in [1.82, 2.24) is 4.98 Å². The number of amides is 1. The van der Waals surface area contributed by atoms with E-state index in [1.165, 1.54) is 4.90 Å². The Labute approximate surface area is 203 Å². The van der Waals surface area contributed by atoms with Crippen molar-refractivity contribution >= 4 is 34.7 Å². The van der Waals surface area contributed by atoms with Crippen LogP contribution in [-0.2, 0) is 9.59 Å². The van der Waals surface area contributed by atoms with Crippen LogP contribution in [0.25, 0.3) is 5.76 Å². The number of ketones is 1. The molecule has 0 saturated carbocycles. The van der Waals surface area contributed by atoms with Gasteiger partial charge in [0.15, 0.2) is 0 Å². The molecule has 1 N–H and O–H groups in total. The molecule has 3 aromatic rings. The minimum Gasteiger partial charge on any atom is -0.507 e. The largest absolute Gasteiger partial charge is 0.507 e. The van der Waals surface area contributed by atoms with E-state index in [4.69, 9.17) is 16.3 Å². The van der Waals surface area contributed by atoms with Crippen LogP contribution >= 0.6 is 11.6 Å². The molecule has 0 spiro atoms. The summed E-state index contributed by atoms with van der Waals surface area (Å²) in [5, 5.41) is 11.7. The van der Waals surface area contributed by atoms with Gasteiger partial charge >= 0.3 is 0 Å². The number of hydrogen-bond acceptors (Lipinski definition) is 5. The van der Waals surface area contributed by atoms with E-state index in [1.807, 2.05) is 6.92 Å². The van der Waals surface area contributed by atoms with E-state index in [9.17, 15) is 14.7 Å².